The monoisotopic (exact) mass is 358 g/mol. The van der Waals surface area contributed by atoms with E-state index in [1.807, 2.05) is 6.07 Å². The topological polar surface area (TPSA) is 83.8 Å². The summed E-state index contributed by atoms with van der Waals surface area (Å²) in [6.45, 7) is -0.126. The number of phenols is 1. The molecule has 0 saturated carbocycles. The van der Waals surface area contributed by atoms with Gasteiger partial charge in [0.2, 0.25) is 0 Å². The van der Waals surface area contributed by atoms with Crippen LogP contribution in [0.1, 0.15) is 0 Å². The molecule has 130 valence electrons. The summed E-state index contributed by atoms with van der Waals surface area (Å²) in [7, 11) is -3.75. The summed E-state index contributed by atoms with van der Waals surface area (Å²) >= 11 is 0. The van der Waals surface area contributed by atoms with Gasteiger partial charge in [0.15, 0.2) is 9.84 Å². The van der Waals surface area contributed by atoms with Crippen LogP contribution in [0, 0.1) is 0 Å². The van der Waals surface area contributed by atoms with E-state index in [1.54, 1.807) is 48.5 Å². The van der Waals surface area contributed by atoms with Gasteiger partial charge in [-0.15, -0.1) is 0 Å². The Balaban J connectivity index is 1.79. The highest BCUT2D eigenvalue weighted by Crippen LogP contribution is 2.30. The predicted octanol–water partition coefficient (Wildman–Crippen LogP) is 2.76. The molecular weight excluding hydrogens is 340 g/mol. The van der Waals surface area contributed by atoms with E-state index < -0.39 is 21.7 Å². The standard InChI is InChI=1S/C19H18O5S/c20-14(12-24-15-6-2-1-3-7-15)13-25(22,23)19-11-5-8-16-17(19)9-4-10-18(16)21/h1-11,14,20-21H,12-13H2. The molecule has 0 spiro atoms. The van der Waals surface area contributed by atoms with Gasteiger partial charge in [0.05, 0.1) is 10.6 Å². The highest BCUT2D eigenvalue weighted by molar-refractivity contribution is 7.91. The van der Waals surface area contributed by atoms with E-state index in [-0.39, 0.29) is 17.3 Å². The second-order valence-corrected chi connectivity index (χ2v) is 7.69. The SMILES string of the molecule is O=S(=O)(CC(O)COc1ccccc1)c1cccc2c(O)cccc12. The second kappa shape index (κ2) is 7.13. The maximum Gasteiger partial charge on any atom is 0.181 e. The fraction of sp³-hybridized carbons (Fsp3) is 0.158. The second-order valence-electron chi connectivity index (χ2n) is 5.69. The predicted molar refractivity (Wildman–Crippen MR) is 95.6 cm³/mol. The van der Waals surface area contributed by atoms with E-state index in [2.05, 4.69) is 0 Å². The van der Waals surface area contributed by atoms with Crippen LogP contribution in [-0.4, -0.2) is 37.1 Å². The van der Waals surface area contributed by atoms with Gasteiger partial charge < -0.3 is 14.9 Å². The van der Waals surface area contributed by atoms with E-state index in [4.69, 9.17) is 4.74 Å². The van der Waals surface area contributed by atoms with Crippen molar-refractivity contribution in [1.29, 1.82) is 0 Å². The number of aromatic hydroxyl groups is 1. The van der Waals surface area contributed by atoms with Crippen LogP contribution in [0.5, 0.6) is 11.5 Å². The molecule has 0 amide bonds. The number of hydrogen-bond donors (Lipinski definition) is 2. The van der Waals surface area contributed by atoms with Gasteiger partial charge in [-0.25, -0.2) is 8.42 Å². The molecule has 0 bridgehead atoms. The minimum Gasteiger partial charge on any atom is -0.507 e. The lowest BCUT2D eigenvalue weighted by atomic mass is 10.1. The summed E-state index contributed by atoms with van der Waals surface area (Å²) in [6.07, 6.45) is -1.17. The van der Waals surface area contributed by atoms with Gasteiger partial charge in [-0.3, -0.25) is 0 Å². The Morgan fingerprint density at radius 3 is 2.32 bits per heavy atom. The average molecular weight is 358 g/mol. The molecule has 3 aromatic carbocycles. The highest BCUT2D eigenvalue weighted by Gasteiger charge is 2.22. The highest BCUT2D eigenvalue weighted by atomic mass is 32.2. The van der Waals surface area contributed by atoms with Crippen LogP contribution >= 0.6 is 0 Å². The van der Waals surface area contributed by atoms with Crippen LogP contribution in [0.15, 0.2) is 71.6 Å². The number of sulfone groups is 1. The van der Waals surface area contributed by atoms with Crippen LogP contribution in [0.3, 0.4) is 0 Å². The van der Waals surface area contributed by atoms with Crippen molar-refractivity contribution in [2.45, 2.75) is 11.0 Å². The molecule has 0 heterocycles. The molecule has 0 aliphatic rings. The quantitative estimate of drug-likeness (QED) is 0.708. The Hall–Kier alpha value is -2.57. The Bertz CT molecular complexity index is 968. The smallest absolute Gasteiger partial charge is 0.181 e. The summed E-state index contributed by atoms with van der Waals surface area (Å²) in [4.78, 5) is 0.0830. The third-order valence-corrected chi connectivity index (χ3v) is 5.64. The van der Waals surface area contributed by atoms with Crippen molar-refractivity contribution in [1.82, 2.24) is 0 Å². The van der Waals surface area contributed by atoms with Crippen LogP contribution in [0.25, 0.3) is 10.8 Å². The Labute approximate surface area is 146 Å². The molecule has 0 aliphatic carbocycles. The van der Waals surface area contributed by atoms with Crippen LogP contribution < -0.4 is 4.74 Å². The lowest BCUT2D eigenvalue weighted by Gasteiger charge is -2.14. The van der Waals surface area contributed by atoms with Gasteiger partial charge in [-0.05, 0) is 24.3 Å². The van der Waals surface area contributed by atoms with Crippen LogP contribution in [0.4, 0.5) is 0 Å². The lowest BCUT2D eigenvalue weighted by molar-refractivity contribution is 0.125. The summed E-state index contributed by atoms with van der Waals surface area (Å²) in [6, 6.07) is 18.3. The number of ether oxygens (including phenoxy) is 1. The summed E-state index contributed by atoms with van der Waals surface area (Å²) < 4.78 is 30.8. The lowest BCUT2D eigenvalue weighted by Crippen LogP contribution is -2.27. The first kappa shape index (κ1) is 17.3. The summed E-state index contributed by atoms with van der Waals surface area (Å²) in [5.74, 6) is 0.116. The number of aliphatic hydroxyl groups is 1. The van der Waals surface area contributed by atoms with Crippen molar-refractivity contribution >= 4 is 20.6 Å². The van der Waals surface area contributed by atoms with E-state index in [9.17, 15) is 18.6 Å². The first-order valence-electron chi connectivity index (χ1n) is 7.77. The molecular formula is C19H18O5S. The fourth-order valence-corrected chi connectivity index (χ4v) is 4.22. The zero-order valence-corrected chi connectivity index (χ0v) is 14.2. The maximum atomic E-state index is 12.7. The van der Waals surface area contributed by atoms with Crippen molar-refractivity contribution in [2.75, 3.05) is 12.4 Å². The fourth-order valence-electron chi connectivity index (χ4n) is 2.64. The van der Waals surface area contributed by atoms with Crippen LogP contribution in [-0.2, 0) is 9.84 Å². The van der Waals surface area contributed by atoms with E-state index >= 15 is 0 Å². The van der Waals surface area contributed by atoms with Gasteiger partial charge >= 0.3 is 0 Å². The number of hydrogen-bond acceptors (Lipinski definition) is 5. The number of benzene rings is 3. The Kier molecular flexibility index (Phi) is 4.92. The summed E-state index contributed by atoms with van der Waals surface area (Å²) in [5, 5.41) is 20.9. The maximum absolute atomic E-state index is 12.7. The molecule has 0 radical (unpaired) electrons. The molecule has 6 heteroatoms. The number of aliphatic hydroxyl groups excluding tert-OH is 1. The van der Waals surface area contributed by atoms with E-state index in [1.165, 1.54) is 12.1 Å². The largest absolute Gasteiger partial charge is 0.507 e. The van der Waals surface area contributed by atoms with Gasteiger partial charge in [0.1, 0.15) is 24.2 Å². The molecule has 3 aromatic rings. The Morgan fingerprint density at radius 1 is 0.880 bits per heavy atom. The van der Waals surface area contributed by atoms with Crippen LogP contribution in [0.2, 0.25) is 0 Å². The molecule has 0 aliphatic heterocycles. The molecule has 0 saturated heterocycles. The third kappa shape index (κ3) is 3.92. The first-order valence-corrected chi connectivity index (χ1v) is 9.42. The molecule has 2 N–H and O–H groups in total. The third-order valence-electron chi connectivity index (χ3n) is 3.79. The minimum atomic E-state index is -3.75. The number of fused-ring (bicyclic) bond motifs is 1. The van der Waals surface area contributed by atoms with Gasteiger partial charge in [-0.1, -0.05) is 42.5 Å². The molecule has 3 rings (SSSR count). The zero-order valence-electron chi connectivity index (χ0n) is 13.4. The molecule has 0 aromatic heterocycles. The van der Waals surface area contributed by atoms with E-state index in [0.29, 0.717) is 16.5 Å². The van der Waals surface area contributed by atoms with E-state index in [0.717, 1.165) is 0 Å². The van der Waals surface area contributed by atoms with Gasteiger partial charge in [0.25, 0.3) is 0 Å². The van der Waals surface area contributed by atoms with Crippen molar-refractivity contribution in [3.8, 4) is 11.5 Å². The molecule has 1 unspecified atom stereocenters. The van der Waals surface area contributed by atoms with Crippen molar-refractivity contribution in [2.24, 2.45) is 0 Å². The minimum absolute atomic E-state index is 0.0162. The van der Waals surface area contributed by atoms with Crippen molar-refractivity contribution in [3.63, 3.8) is 0 Å². The van der Waals surface area contributed by atoms with Crippen molar-refractivity contribution < 1.29 is 23.4 Å². The first-order chi connectivity index (χ1) is 12.0. The number of para-hydroxylation sites is 1. The van der Waals surface area contributed by atoms with Crippen molar-refractivity contribution in [3.05, 3.63) is 66.7 Å². The zero-order chi connectivity index (χ0) is 17.9. The molecule has 25 heavy (non-hydrogen) atoms. The number of rotatable bonds is 6. The number of phenolic OH excluding ortho intramolecular Hbond substituents is 1. The molecule has 5 nitrogen and oxygen atoms in total. The van der Waals surface area contributed by atoms with Gasteiger partial charge in [0, 0.05) is 10.8 Å². The average Bonchev–Trinajstić information content (AvgIpc) is 2.60. The van der Waals surface area contributed by atoms with Gasteiger partial charge in [-0.2, -0.15) is 0 Å². The normalized spacial score (nSPS) is 12.8. The molecule has 1 atom stereocenters. The molecule has 0 fully saturated rings. The summed E-state index contributed by atoms with van der Waals surface area (Å²) in [5.41, 5.74) is 0. The Morgan fingerprint density at radius 2 is 1.56 bits per heavy atom.